The molecule has 0 aliphatic carbocycles. The first-order valence-electron chi connectivity index (χ1n) is 3.36. The van der Waals surface area contributed by atoms with E-state index < -0.39 is 0 Å². The largest absolute Gasteiger partial charge is 0.312 e. The highest BCUT2D eigenvalue weighted by atomic mass is 16.3. The maximum atomic E-state index is 11.1. The van der Waals surface area contributed by atoms with Gasteiger partial charge in [-0.2, -0.15) is 0 Å². The molecule has 1 heterocycles. The lowest BCUT2D eigenvalue weighted by atomic mass is 10.3. The molecular weight excluding hydrogens is 156 g/mol. The van der Waals surface area contributed by atoms with Crippen LogP contribution in [0.25, 0.3) is 6.08 Å². The smallest absolute Gasteiger partial charge is 0.253 e. The topological polar surface area (TPSA) is 51.4 Å². The van der Waals surface area contributed by atoms with Crippen LogP contribution in [0.4, 0.5) is 5.69 Å². The van der Waals surface area contributed by atoms with Crippen LogP contribution in [-0.2, 0) is 7.05 Å². The van der Waals surface area contributed by atoms with Gasteiger partial charge in [-0.25, -0.2) is 0 Å². The molecule has 1 rings (SSSR count). The number of pyridine rings is 1. The lowest BCUT2D eigenvalue weighted by Crippen LogP contribution is -2.16. The van der Waals surface area contributed by atoms with Crippen molar-refractivity contribution in [3.05, 3.63) is 39.7 Å². The summed E-state index contributed by atoms with van der Waals surface area (Å²) < 4.78 is 1.39. The number of rotatable bonds is 2. The maximum absolute atomic E-state index is 11.1. The third-order valence-electron chi connectivity index (χ3n) is 1.60. The van der Waals surface area contributed by atoms with Crippen LogP contribution >= 0.6 is 0 Å². The SMILES string of the molecule is C=Cc1cc(N=O)cc(=O)n1C. The van der Waals surface area contributed by atoms with Crippen LogP contribution in [0.5, 0.6) is 0 Å². The van der Waals surface area contributed by atoms with E-state index in [1.54, 1.807) is 7.05 Å². The zero-order valence-corrected chi connectivity index (χ0v) is 6.65. The van der Waals surface area contributed by atoms with Gasteiger partial charge in [-0.1, -0.05) is 6.58 Å². The van der Waals surface area contributed by atoms with Gasteiger partial charge in [0.2, 0.25) is 0 Å². The van der Waals surface area contributed by atoms with Crippen molar-refractivity contribution in [1.82, 2.24) is 4.57 Å². The highest BCUT2D eigenvalue weighted by molar-refractivity contribution is 5.49. The quantitative estimate of drug-likeness (QED) is 0.621. The van der Waals surface area contributed by atoms with Crippen LogP contribution in [0.3, 0.4) is 0 Å². The highest BCUT2D eigenvalue weighted by Crippen LogP contribution is 2.10. The summed E-state index contributed by atoms with van der Waals surface area (Å²) in [5.74, 6) is 0. The Morgan fingerprint density at radius 1 is 1.58 bits per heavy atom. The van der Waals surface area contributed by atoms with Crippen LogP contribution in [0.15, 0.2) is 28.7 Å². The molecule has 0 saturated heterocycles. The Hall–Kier alpha value is -1.71. The summed E-state index contributed by atoms with van der Waals surface area (Å²) in [4.78, 5) is 21.2. The van der Waals surface area contributed by atoms with Gasteiger partial charge in [0, 0.05) is 18.8 Å². The van der Waals surface area contributed by atoms with Crippen LogP contribution in [-0.4, -0.2) is 4.57 Å². The van der Waals surface area contributed by atoms with Gasteiger partial charge in [-0.05, 0) is 17.3 Å². The second kappa shape index (κ2) is 3.13. The van der Waals surface area contributed by atoms with Crippen molar-refractivity contribution in [2.45, 2.75) is 0 Å². The minimum absolute atomic E-state index is 0.132. The Balaban J connectivity index is 3.48. The van der Waals surface area contributed by atoms with E-state index in [9.17, 15) is 9.70 Å². The van der Waals surface area contributed by atoms with E-state index in [0.29, 0.717) is 5.69 Å². The molecular formula is C8H8N2O2. The Bertz CT molecular complexity index is 379. The summed E-state index contributed by atoms with van der Waals surface area (Å²) in [5, 5.41) is 2.67. The third kappa shape index (κ3) is 1.32. The minimum Gasteiger partial charge on any atom is -0.312 e. The zero-order chi connectivity index (χ0) is 9.14. The van der Waals surface area contributed by atoms with E-state index in [1.165, 1.54) is 22.8 Å². The third-order valence-corrected chi connectivity index (χ3v) is 1.60. The molecule has 0 aliphatic heterocycles. The van der Waals surface area contributed by atoms with Crippen LogP contribution < -0.4 is 5.56 Å². The van der Waals surface area contributed by atoms with E-state index >= 15 is 0 Å². The van der Waals surface area contributed by atoms with Gasteiger partial charge in [0.1, 0.15) is 5.69 Å². The number of hydrogen-bond acceptors (Lipinski definition) is 3. The Morgan fingerprint density at radius 2 is 2.25 bits per heavy atom. The van der Waals surface area contributed by atoms with Gasteiger partial charge in [-0.15, -0.1) is 4.91 Å². The zero-order valence-electron chi connectivity index (χ0n) is 6.65. The molecule has 4 heteroatoms. The fourth-order valence-electron chi connectivity index (χ4n) is 0.889. The summed E-state index contributed by atoms with van der Waals surface area (Å²) in [6, 6.07) is 2.68. The predicted molar refractivity (Wildman–Crippen MR) is 47.2 cm³/mol. The van der Waals surface area contributed by atoms with Crippen LogP contribution in [0, 0.1) is 4.91 Å². The highest BCUT2D eigenvalue weighted by Gasteiger charge is 1.99. The van der Waals surface area contributed by atoms with Crippen molar-refractivity contribution in [1.29, 1.82) is 0 Å². The van der Waals surface area contributed by atoms with Crippen molar-refractivity contribution in [3.63, 3.8) is 0 Å². The minimum atomic E-state index is -0.262. The van der Waals surface area contributed by atoms with E-state index in [2.05, 4.69) is 11.8 Å². The summed E-state index contributed by atoms with van der Waals surface area (Å²) in [6.07, 6.45) is 1.50. The van der Waals surface area contributed by atoms with Crippen molar-refractivity contribution in [3.8, 4) is 0 Å². The summed E-state index contributed by atoms with van der Waals surface area (Å²) in [5.41, 5.74) is 0.451. The molecule has 0 atom stereocenters. The fourth-order valence-corrected chi connectivity index (χ4v) is 0.889. The summed E-state index contributed by atoms with van der Waals surface area (Å²) >= 11 is 0. The molecule has 0 unspecified atom stereocenters. The Labute approximate surface area is 69.1 Å². The van der Waals surface area contributed by atoms with E-state index in [-0.39, 0.29) is 11.2 Å². The lowest BCUT2D eigenvalue weighted by Gasteiger charge is -2.01. The molecule has 4 nitrogen and oxygen atoms in total. The molecule has 0 fully saturated rings. The van der Waals surface area contributed by atoms with Crippen LogP contribution in [0.1, 0.15) is 5.69 Å². The second-order valence-corrected chi connectivity index (χ2v) is 2.33. The molecule has 0 aromatic carbocycles. The van der Waals surface area contributed by atoms with E-state index in [4.69, 9.17) is 0 Å². The average Bonchev–Trinajstić information content (AvgIpc) is 2.09. The number of nitroso groups, excluding NO2 is 1. The van der Waals surface area contributed by atoms with Gasteiger partial charge in [-0.3, -0.25) is 4.79 Å². The monoisotopic (exact) mass is 164 g/mol. The average molecular weight is 164 g/mol. The van der Waals surface area contributed by atoms with Crippen molar-refractivity contribution < 1.29 is 0 Å². The van der Waals surface area contributed by atoms with Gasteiger partial charge in [0.05, 0.1) is 0 Å². The fraction of sp³-hybridized carbons (Fsp3) is 0.125. The molecule has 0 bridgehead atoms. The second-order valence-electron chi connectivity index (χ2n) is 2.33. The molecule has 0 amide bonds. The number of hydrogen-bond donors (Lipinski definition) is 0. The first kappa shape index (κ1) is 8.39. The molecule has 0 aliphatic rings. The maximum Gasteiger partial charge on any atom is 0.253 e. The van der Waals surface area contributed by atoms with Crippen molar-refractivity contribution in [2.24, 2.45) is 12.2 Å². The molecule has 12 heavy (non-hydrogen) atoms. The Kier molecular flexibility index (Phi) is 2.19. The predicted octanol–water partition coefficient (Wildman–Crippen LogP) is 1.43. The number of nitrogens with zero attached hydrogens (tertiary/aromatic N) is 2. The first-order chi connectivity index (χ1) is 5.69. The van der Waals surface area contributed by atoms with Crippen LogP contribution in [0.2, 0.25) is 0 Å². The Morgan fingerprint density at radius 3 is 2.75 bits per heavy atom. The van der Waals surface area contributed by atoms with E-state index in [1.807, 2.05) is 0 Å². The van der Waals surface area contributed by atoms with Crippen molar-refractivity contribution >= 4 is 11.8 Å². The summed E-state index contributed by atoms with van der Waals surface area (Å²) in [7, 11) is 1.61. The van der Waals surface area contributed by atoms with E-state index in [0.717, 1.165) is 0 Å². The van der Waals surface area contributed by atoms with Gasteiger partial charge < -0.3 is 4.57 Å². The lowest BCUT2D eigenvalue weighted by molar-refractivity contribution is 0.848. The molecule has 1 aromatic heterocycles. The number of aromatic nitrogens is 1. The molecule has 62 valence electrons. The molecule has 1 aromatic rings. The molecule has 0 radical (unpaired) electrons. The van der Waals surface area contributed by atoms with Gasteiger partial charge >= 0.3 is 0 Å². The van der Waals surface area contributed by atoms with Crippen molar-refractivity contribution in [2.75, 3.05) is 0 Å². The molecule has 0 N–H and O–H groups in total. The van der Waals surface area contributed by atoms with Gasteiger partial charge in [0.15, 0.2) is 0 Å². The van der Waals surface area contributed by atoms with Gasteiger partial charge in [0.25, 0.3) is 5.56 Å². The first-order valence-corrected chi connectivity index (χ1v) is 3.36. The standard InChI is InChI=1S/C8H8N2O2/c1-3-7-4-6(9-12)5-8(11)10(7)2/h3-5H,1H2,2H3. The molecule has 0 saturated carbocycles. The summed E-state index contributed by atoms with van der Waals surface area (Å²) in [6.45, 7) is 3.50. The molecule has 0 spiro atoms. The normalized spacial score (nSPS) is 9.42.